The van der Waals surface area contributed by atoms with Gasteiger partial charge < -0.3 is 10.1 Å². The smallest absolute Gasteiger partial charge is 0.415 e. The predicted octanol–water partition coefficient (Wildman–Crippen LogP) is 4.12. The quantitative estimate of drug-likeness (QED) is 0.662. The molecule has 1 spiro atoms. The topological polar surface area (TPSA) is 97.3 Å². The number of anilines is 2. The molecule has 2 aliphatic rings. The molecule has 5 rings (SSSR count). The first-order valence-electron chi connectivity index (χ1n) is 10.2. The molecular weight excluding hydrogens is 414 g/mol. The summed E-state index contributed by atoms with van der Waals surface area (Å²) in [6.07, 6.45) is 7.20. The van der Waals surface area contributed by atoms with Crippen LogP contribution in [-0.2, 0) is 9.53 Å². The van der Waals surface area contributed by atoms with Gasteiger partial charge in [-0.3, -0.25) is 9.69 Å². The van der Waals surface area contributed by atoms with Crippen LogP contribution in [0.2, 0.25) is 0 Å². The fourth-order valence-electron chi connectivity index (χ4n) is 4.18. The Morgan fingerprint density at radius 1 is 1.13 bits per heavy atom. The second-order valence-electron chi connectivity index (χ2n) is 7.86. The first-order chi connectivity index (χ1) is 15.1. The maximum Gasteiger partial charge on any atom is 0.415 e. The van der Waals surface area contributed by atoms with Gasteiger partial charge in [-0.1, -0.05) is 18.2 Å². The average Bonchev–Trinajstić information content (AvgIpc) is 3.44. The minimum Gasteiger partial charge on any atom is -0.441 e. The third-order valence-electron chi connectivity index (χ3n) is 5.86. The van der Waals surface area contributed by atoms with E-state index in [1.807, 2.05) is 35.7 Å². The Hall–Kier alpha value is -3.33. The van der Waals surface area contributed by atoms with Crippen molar-refractivity contribution in [2.45, 2.75) is 31.3 Å². The molecule has 1 aliphatic heterocycles. The zero-order valence-corrected chi connectivity index (χ0v) is 17.5. The second kappa shape index (κ2) is 8.07. The average molecular weight is 436 g/mol. The number of hydrogen-bond donors (Lipinski definition) is 1. The van der Waals surface area contributed by atoms with Crippen LogP contribution >= 0.6 is 11.3 Å². The lowest BCUT2D eigenvalue weighted by Gasteiger charge is -2.34. The number of hydrogen-bond acceptors (Lipinski definition) is 7. The SMILES string of the molecule is O=C(Nc1cnc(-c2nccs2)cn1)C1CCC2(CC1)CN(c1ccccc1)C(=O)O2. The van der Waals surface area contributed by atoms with E-state index in [1.54, 1.807) is 23.5 Å². The van der Waals surface area contributed by atoms with Crippen LogP contribution < -0.4 is 10.2 Å². The van der Waals surface area contributed by atoms with Crippen LogP contribution in [0.25, 0.3) is 10.7 Å². The molecule has 0 radical (unpaired) electrons. The summed E-state index contributed by atoms with van der Waals surface area (Å²) in [5, 5.41) is 5.53. The van der Waals surface area contributed by atoms with Gasteiger partial charge in [0.15, 0.2) is 5.82 Å². The molecule has 1 N–H and O–H groups in total. The Labute approximate surface area is 183 Å². The summed E-state index contributed by atoms with van der Waals surface area (Å²) in [5.41, 5.74) is 1.00. The van der Waals surface area contributed by atoms with Crippen LogP contribution in [0, 0.1) is 5.92 Å². The van der Waals surface area contributed by atoms with E-state index in [0.29, 0.717) is 43.7 Å². The van der Waals surface area contributed by atoms with Crippen molar-refractivity contribution in [1.82, 2.24) is 15.0 Å². The van der Waals surface area contributed by atoms with E-state index in [4.69, 9.17) is 4.74 Å². The van der Waals surface area contributed by atoms with Crippen molar-refractivity contribution in [3.05, 3.63) is 54.3 Å². The van der Waals surface area contributed by atoms with E-state index in [1.165, 1.54) is 11.3 Å². The highest BCUT2D eigenvalue weighted by Gasteiger charge is 2.48. The summed E-state index contributed by atoms with van der Waals surface area (Å²) in [7, 11) is 0. The van der Waals surface area contributed by atoms with Gasteiger partial charge in [-0.15, -0.1) is 11.3 Å². The molecule has 8 nitrogen and oxygen atoms in total. The molecule has 1 saturated carbocycles. The third kappa shape index (κ3) is 4.00. The van der Waals surface area contributed by atoms with Crippen molar-refractivity contribution in [3.8, 4) is 10.7 Å². The van der Waals surface area contributed by atoms with Crippen LogP contribution in [0.3, 0.4) is 0 Å². The lowest BCUT2D eigenvalue weighted by Crippen LogP contribution is -2.41. The number of ether oxygens (including phenoxy) is 1. The van der Waals surface area contributed by atoms with Crippen LogP contribution in [-0.4, -0.2) is 39.1 Å². The van der Waals surface area contributed by atoms with Crippen LogP contribution in [0.1, 0.15) is 25.7 Å². The number of aromatic nitrogens is 3. The van der Waals surface area contributed by atoms with Crippen molar-refractivity contribution >= 4 is 34.8 Å². The van der Waals surface area contributed by atoms with Crippen LogP contribution in [0.5, 0.6) is 0 Å². The summed E-state index contributed by atoms with van der Waals surface area (Å²) in [4.78, 5) is 39.7. The molecule has 2 amide bonds. The minimum atomic E-state index is -0.515. The monoisotopic (exact) mass is 435 g/mol. The van der Waals surface area contributed by atoms with Gasteiger partial charge in [0.1, 0.15) is 16.3 Å². The number of carbonyl (C=O) groups is 2. The summed E-state index contributed by atoms with van der Waals surface area (Å²) in [6, 6.07) is 9.53. The molecule has 0 bridgehead atoms. The van der Waals surface area contributed by atoms with Gasteiger partial charge in [0.25, 0.3) is 0 Å². The lowest BCUT2D eigenvalue weighted by molar-refractivity contribution is -0.122. The predicted molar refractivity (Wildman–Crippen MR) is 117 cm³/mol. The third-order valence-corrected chi connectivity index (χ3v) is 6.66. The Bertz CT molecular complexity index is 1060. The highest BCUT2D eigenvalue weighted by Crippen LogP contribution is 2.41. The Kier molecular flexibility index (Phi) is 5.11. The van der Waals surface area contributed by atoms with E-state index < -0.39 is 5.60 Å². The number of thiazole rings is 1. The molecule has 1 aromatic carbocycles. The molecule has 31 heavy (non-hydrogen) atoms. The Morgan fingerprint density at radius 2 is 1.94 bits per heavy atom. The van der Waals surface area contributed by atoms with Crippen molar-refractivity contribution in [3.63, 3.8) is 0 Å². The molecule has 3 heterocycles. The van der Waals surface area contributed by atoms with Gasteiger partial charge in [0.2, 0.25) is 5.91 Å². The zero-order chi connectivity index (χ0) is 21.3. The molecule has 0 atom stereocenters. The molecular formula is C22H21N5O3S. The highest BCUT2D eigenvalue weighted by atomic mass is 32.1. The van der Waals surface area contributed by atoms with Crippen molar-refractivity contribution in [2.24, 2.45) is 5.92 Å². The fraction of sp³-hybridized carbons (Fsp3) is 0.318. The zero-order valence-electron chi connectivity index (χ0n) is 16.7. The first-order valence-corrected chi connectivity index (χ1v) is 11.1. The normalized spacial score (nSPS) is 23.0. The van der Waals surface area contributed by atoms with E-state index in [-0.39, 0.29) is 17.9 Å². The maximum absolute atomic E-state index is 12.7. The largest absolute Gasteiger partial charge is 0.441 e. The van der Waals surface area contributed by atoms with Crippen molar-refractivity contribution in [1.29, 1.82) is 0 Å². The molecule has 0 unspecified atom stereocenters. The molecule has 158 valence electrons. The van der Waals surface area contributed by atoms with E-state index >= 15 is 0 Å². The molecule has 1 aliphatic carbocycles. The maximum atomic E-state index is 12.7. The van der Waals surface area contributed by atoms with Gasteiger partial charge >= 0.3 is 6.09 Å². The first kappa shape index (κ1) is 19.6. The Balaban J connectivity index is 1.18. The van der Waals surface area contributed by atoms with E-state index in [9.17, 15) is 9.59 Å². The van der Waals surface area contributed by atoms with Crippen LogP contribution in [0.15, 0.2) is 54.3 Å². The standard InChI is InChI=1S/C22H21N5O3S/c28-19(26-18-13-24-17(12-25-18)20-23-10-11-31-20)15-6-8-22(9-7-15)14-27(21(29)30-22)16-4-2-1-3-5-16/h1-5,10-13,15H,6-9,14H2,(H,25,26,28). The minimum absolute atomic E-state index is 0.0737. The summed E-state index contributed by atoms with van der Waals surface area (Å²) in [5.74, 6) is 0.207. The number of para-hydroxylation sites is 1. The highest BCUT2D eigenvalue weighted by molar-refractivity contribution is 7.13. The summed E-state index contributed by atoms with van der Waals surface area (Å²) >= 11 is 1.49. The number of amides is 2. The molecule has 1 saturated heterocycles. The lowest BCUT2D eigenvalue weighted by atomic mass is 9.78. The molecule has 2 aromatic heterocycles. The summed E-state index contributed by atoms with van der Waals surface area (Å²) < 4.78 is 5.78. The number of rotatable bonds is 4. The van der Waals surface area contributed by atoms with Crippen molar-refractivity contribution < 1.29 is 14.3 Å². The van der Waals surface area contributed by atoms with Gasteiger partial charge in [-0.25, -0.2) is 19.7 Å². The van der Waals surface area contributed by atoms with Crippen molar-refractivity contribution in [2.75, 3.05) is 16.8 Å². The Morgan fingerprint density at radius 3 is 2.61 bits per heavy atom. The summed E-state index contributed by atoms with van der Waals surface area (Å²) in [6.45, 7) is 0.522. The number of carbonyl (C=O) groups excluding carboxylic acids is 2. The molecule has 2 fully saturated rings. The second-order valence-corrected chi connectivity index (χ2v) is 8.75. The van der Waals surface area contributed by atoms with Gasteiger partial charge in [0, 0.05) is 23.2 Å². The van der Waals surface area contributed by atoms with Gasteiger partial charge in [0.05, 0.1) is 18.9 Å². The van der Waals surface area contributed by atoms with Gasteiger partial charge in [-0.2, -0.15) is 0 Å². The molecule has 3 aromatic rings. The number of nitrogens with one attached hydrogen (secondary N) is 1. The molecule has 9 heteroatoms. The van der Waals surface area contributed by atoms with E-state index in [2.05, 4.69) is 20.3 Å². The fourth-order valence-corrected chi connectivity index (χ4v) is 4.78. The van der Waals surface area contributed by atoms with E-state index in [0.717, 1.165) is 10.7 Å². The van der Waals surface area contributed by atoms with Gasteiger partial charge in [-0.05, 0) is 37.8 Å². The number of benzene rings is 1. The van der Waals surface area contributed by atoms with Crippen LogP contribution in [0.4, 0.5) is 16.3 Å². The number of nitrogens with zero attached hydrogens (tertiary/aromatic N) is 4.